The van der Waals surface area contributed by atoms with Crippen molar-refractivity contribution in [2.45, 2.75) is 103 Å². The minimum Gasteiger partial charge on any atom is -0.481 e. The van der Waals surface area contributed by atoms with Gasteiger partial charge >= 0.3 is 5.97 Å². The molecule has 3 aliphatic rings. The van der Waals surface area contributed by atoms with Gasteiger partial charge in [-0.25, -0.2) is 0 Å². The van der Waals surface area contributed by atoms with Crippen molar-refractivity contribution in [1.82, 2.24) is 10.2 Å². The largest absolute Gasteiger partial charge is 0.481 e. The number of nitrogens with zero attached hydrogens (tertiary/aromatic N) is 1. The van der Waals surface area contributed by atoms with Gasteiger partial charge in [0, 0.05) is 50.5 Å². The number of carbonyl (C=O) groups excluding carboxylic acids is 1. The summed E-state index contributed by atoms with van der Waals surface area (Å²) in [7, 11) is 0. The summed E-state index contributed by atoms with van der Waals surface area (Å²) in [4.78, 5) is 25.4. The summed E-state index contributed by atoms with van der Waals surface area (Å²) >= 11 is 0. The topological polar surface area (TPSA) is 108 Å². The van der Waals surface area contributed by atoms with E-state index in [2.05, 4.69) is 31.0 Å². The highest BCUT2D eigenvalue weighted by Crippen LogP contribution is 2.53. The molecule has 2 aromatic carbocycles. The van der Waals surface area contributed by atoms with Crippen molar-refractivity contribution in [3.8, 4) is 0 Å². The predicted octanol–water partition coefficient (Wildman–Crippen LogP) is 5.50. The zero-order valence-corrected chi connectivity index (χ0v) is 25.2. The molecule has 0 radical (unpaired) electrons. The first-order chi connectivity index (χ1) is 20.0. The number of amides is 1. The molecule has 1 aliphatic carbocycles. The molecule has 0 aromatic heterocycles. The Balaban J connectivity index is 1.26. The Hall–Kier alpha value is -2.78. The van der Waals surface area contributed by atoms with Gasteiger partial charge in [-0.1, -0.05) is 69.3 Å². The van der Waals surface area contributed by atoms with Gasteiger partial charge in [-0.05, 0) is 53.2 Å². The Morgan fingerprint density at radius 3 is 2.33 bits per heavy atom. The standard InChI is InChI=1S/C34H46N2O6/c1-33(2)16-27-17-34(3,21-33)22-36(27)19-28-15-29(25-11-9-24(20-37)10-12-25)42-32(41-28)26-13-7-23(8-14-26)18-35-30(38)5-4-6-31(39)40/h7-14,27-29,32,37H,4-6,15-22H2,1-3H3,(H,35,38)(H,39,40)/t27?,28-,29+,32+,34?/m1/s1. The van der Waals surface area contributed by atoms with E-state index in [-0.39, 0.29) is 37.6 Å². The molecule has 3 N–H and O–H groups in total. The second-order valence-electron chi connectivity index (χ2n) is 13.8. The molecule has 2 saturated heterocycles. The van der Waals surface area contributed by atoms with Crippen LogP contribution < -0.4 is 5.32 Å². The lowest BCUT2D eigenvalue weighted by molar-refractivity contribution is -0.253. The first-order valence-electron chi connectivity index (χ1n) is 15.3. The van der Waals surface area contributed by atoms with Crippen LogP contribution >= 0.6 is 0 Å². The fourth-order valence-electron chi connectivity index (χ4n) is 7.57. The third kappa shape index (κ3) is 7.78. The van der Waals surface area contributed by atoms with Gasteiger partial charge in [0.25, 0.3) is 0 Å². The smallest absolute Gasteiger partial charge is 0.303 e. The van der Waals surface area contributed by atoms with Gasteiger partial charge in [0.15, 0.2) is 6.29 Å². The van der Waals surface area contributed by atoms with Crippen molar-refractivity contribution in [2.24, 2.45) is 10.8 Å². The maximum absolute atomic E-state index is 12.1. The number of hydrogen-bond donors (Lipinski definition) is 3. The third-order valence-electron chi connectivity index (χ3n) is 9.11. The van der Waals surface area contributed by atoms with Crippen LogP contribution in [0.4, 0.5) is 0 Å². The van der Waals surface area contributed by atoms with Crippen molar-refractivity contribution in [3.05, 3.63) is 70.8 Å². The highest BCUT2D eigenvalue weighted by Gasteiger charge is 2.50. The van der Waals surface area contributed by atoms with Crippen molar-refractivity contribution < 1.29 is 29.3 Å². The highest BCUT2D eigenvalue weighted by atomic mass is 16.7. The van der Waals surface area contributed by atoms with E-state index in [1.807, 2.05) is 48.5 Å². The molecule has 0 spiro atoms. The summed E-state index contributed by atoms with van der Waals surface area (Å²) in [6, 6.07) is 16.5. The van der Waals surface area contributed by atoms with E-state index >= 15 is 0 Å². The molecule has 8 nitrogen and oxygen atoms in total. The van der Waals surface area contributed by atoms with Crippen LogP contribution in [0.3, 0.4) is 0 Å². The molecule has 42 heavy (non-hydrogen) atoms. The van der Waals surface area contributed by atoms with Crippen LogP contribution in [0.25, 0.3) is 0 Å². The molecule has 5 atom stereocenters. The molecular weight excluding hydrogens is 532 g/mol. The number of nitrogens with one attached hydrogen (secondary N) is 1. The van der Waals surface area contributed by atoms with Crippen molar-refractivity contribution in [2.75, 3.05) is 13.1 Å². The number of carbonyl (C=O) groups is 2. The lowest BCUT2D eigenvalue weighted by Gasteiger charge is -2.41. The van der Waals surface area contributed by atoms with E-state index in [4.69, 9.17) is 14.6 Å². The Morgan fingerprint density at radius 1 is 0.952 bits per heavy atom. The van der Waals surface area contributed by atoms with Crippen molar-refractivity contribution in [1.29, 1.82) is 0 Å². The summed E-state index contributed by atoms with van der Waals surface area (Å²) in [6.07, 6.45) is 4.41. The Morgan fingerprint density at radius 2 is 1.64 bits per heavy atom. The monoisotopic (exact) mass is 578 g/mol. The van der Waals surface area contributed by atoms with E-state index in [1.54, 1.807) is 0 Å². The minimum absolute atomic E-state index is 0.00715. The number of ether oxygens (including phenoxy) is 2. The molecular formula is C34H46N2O6. The molecule has 2 unspecified atom stereocenters. The molecule has 2 bridgehead atoms. The number of aliphatic hydroxyl groups excluding tert-OH is 1. The minimum atomic E-state index is -0.890. The van der Waals surface area contributed by atoms with Crippen LogP contribution in [0, 0.1) is 10.8 Å². The molecule has 2 aliphatic heterocycles. The van der Waals surface area contributed by atoms with Gasteiger partial charge in [0.05, 0.1) is 18.8 Å². The van der Waals surface area contributed by atoms with Gasteiger partial charge in [-0.15, -0.1) is 0 Å². The molecule has 1 amide bonds. The number of aliphatic hydroxyl groups is 1. The number of hydrogen-bond acceptors (Lipinski definition) is 6. The molecule has 1 saturated carbocycles. The number of carboxylic acids is 1. The quantitative estimate of drug-likeness (QED) is 0.323. The number of benzene rings is 2. The van der Waals surface area contributed by atoms with Crippen LogP contribution in [-0.4, -0.2) is 52.2 Å². The van der Waals surface area contributed by atoms with Crippen LogP contribution in [0.1, 0.15) is 100 Å². The molecule has 3 fully saturated rings. The SMILES string of the molecule is CC1(C)CC2CC(C)(CN2C[C@H]2C[C@@H](c3ccc(CO)cc3)O[C@@H](c3ccc(CNC(=O)CCCC(=O)O)cc3)O2)C1. The van der Waals surface area contributed by atoms with Crippen molar-refractivity contribution >= 4 is 11.9 Å². The predicted molar refractivity (Wildman–Crippen MR) is 159 cm³/mol. The van der Waals surface area contributed by atoms with E-state index in [0.29, 0.717) is 29.8 Å². The number of aliphatic carboxylic acids is 1. The Labute approximate surface area is 249 Å². The van der Waals surface area contributed by atoms with Gasteiger partial charge in [-0.3, -0.25) is 14.5 Å². The van der Waals surface area contributed by atoms with Gasteiger partial charge in [0.1, 0.15) is 0 Å². The normalized spacial score (nSPS) is 28.9. The van der Waals surface area contributed by atoms with E-state index < -0.39 is 12.3 Å². The molecule has 228 valence electrons. The van der Waals surface area contributed by atoms with E-state index in [1.165, 1.54) is 19.3 Å². The second kappa shape index (κ2) is 12.8. The molecule has 2 heterocycles. The van der Waals surface area contributed by atoms with Gasteiger partial charge in [0.2, 0.25) is 5.91 Å². The second-order valence-corrected chi connectivity index (χ2v) is 13.8. The van der Waals surface area contributed by atoms with Crippen LogP contribution in [0.15, 0.2) is 48.5 Å². The molecule has 2 aromatic rings. The molecule has 8 heteroatoms. The first-order valence-corrected chi connectivity index (χ1v) is 15.3. The zero-order valence-electron chi connectivity index (χ0n) is 25.2. The lowest BCUT2D eigenvalue weighted by Crippen LogP contribution is -2.42. The number of carboxylic acid groups (broad SMARTS) is 1. The fraction of sp³-hybridized carbons (Fsp3) is 0.588. The Kier molecular flexibility index (Phi) is 9.38. The maximum atomic E-state index is 12.1. The van der Waals surface area contributed by atoms with E-state index in [9.17, 15) is 14.7 Å². The van der Waals surface area contributed by atoms with Crippen molar-refractivity contribution in [3.63, 3.8) is 0 Å². The van der Waals surface area contributed by atoms with Crippen LogP contribution in [0.2, 0.25) is 0 Å². The van der Waals surface area contributed by atoms with Crippen LogP contribution in [0.5, 0.6) is 0 Å². The van der Waals surface area contributed by atoms with E-state index in [0.717, 1.165) is 41.8 Å². The fourth-order valence-corrected chi connectivity index (χ4v) is 7.57. The summed E-state index contributed by atoms with van der Waals surface area (Å²) < 4.78 is 13.2. The summed E-state index contributed by atoms with van der Waals surface area (Å²) in [5, 5.41) is 21.1. The molecule has 5 rings (SSSR count). The number of fused-ring (bicyclic) bond motifs is 2. The first kappa shape index (κ1) is 30.7. The average molecular weight is 579 g/mol. The summed E-state index contributed by atoms with van der Waals surface area (Å²) in [6.45, 7) is 9.64. The van der Waals surface area contributed by atoms with Gasteiger partial charge < -0.3 is 25.0 Å². The number of rotatable bonds is 11. The van der Waals surface area contributed by atoms with Gasteiger partial charge in [-0.2, -0.15) is 0 Å². The number of likely N-dealkylation sites (tertiary alicyclic amines) is 1. The zero-order chi connectivity index (χ0) is 29.9. The summed E-state index contributed by atoms with van der Waals surface area (Å²) in [5.41, 5.74) is 4.57. The highest BCUT2D eigenvalue weighted by molar-refractivity contribution is 5.76. The van der Waals surface area contributed by atoms with Crippen LogP contribution in [-0.2, 0) is 32.2 Å². The Bertz CT molecular complexity index is 1230. The maximum Gasteiger partial charge on any atom is 0.303 e. The third-order valence-corrected chi connectivity index (χ3v) is 9.11. The summed E-state index contributed by atoms with van der Waals surface area (Å²) in [5.74, 6) is -1.04. The average Bonchev–Trinajstić information content (AvgIpc) is 3.18. The lowest BCUT2D eigenvalue weighted by atomic mass is 9.65.